The molecule has 546 valence electrons. The predicted octanol–water partition coefficient (Wildman–Crippen LogP) is -4.93. The molecular weight excluding hydrogens is 1240 g/mol. The second-order valence-electron chi connectivity index (χ2n) is 23.8. The van der Waals surface area contributed by atoms with E-state index in [1.165, 1.54) is 19.1 Å². The van der Waals surface area contributed by atoms with Crippen molar-refractivity contribution in [1.29, 1.82) is 0 Å². The van der Waals surface area contributed by atoms with Crippen LogP contribution >= 0.6 is 0 Å². The highest BCUT2D eigenvalue weighted by atomic mass is 16.3. The number of hydrogen-bond donors (Lipinski definition) is 21. The lowest BCUT2D eigenvalue weighted by Gasteiger charge is -2.28. The summed E-state index contributed by atoms with van der Waals surface area (Å²) in [5, 5.41) is 38.8. The molecule has 9 atom stereocenters. The van der Waals surface area contributed by atoms with E-state index in [4.69, 9.17) is 51.6 Å². The Morgan fingerprint density at radius 3 is 0.823 bits per heavy atom. The summed E-state index contributed by atoms with van der Waals surface area (Å²) in [5.41, 5.74) is 52.6. The van der Waals surface area contributed by atoms with E-state index >= 15 is 0 Å². The minimum Gasteiger partial charge on any atom is -0.508 e. The Labute approximate surface area is 564 Å². The van der Waals surface area contributed by atoms with Gasteiger partial charge in [0, 0.05) is 13.3 Å². The highest BCUT2D eigenvalue weighted by molar-refractivity contribution is 5.98. The van der Waals surface area contributed by atoms with Gasteiger partial charge in [0.25, 0.3) is 0 Å². The molecule has 1 aromatic carbocycles. The van der Waals surface area contributed by atoms with E-state index in [1.807, 2.05) is 0 Å². The Morgan fingerprint density at radius 1 is 0.312 bits per heavy atom. The highest BCUT2D eigenvalue weighted by Crippen LogP contribution is 2.15. The van der Waals surface area contributed by atoms with Crippen LogP contribution in [0.3, 0.4) is 0 Å². The Hall–Kier alpha value is -7.66. The van der Waals surface area contributed by atoms with Crippen LogP contribution in [-0.2, 0) is 64.0 Å². The molecule has 0 aliphatic heterocycles. The molecule has 0 bridgehead atoms. The smallest absolute Gasteiger partial charge is 0.243 e. The molecule has 30 N–H and O–H groups in total. The Balaban J connectivity index is 3.51. The van der Waals surface area contributed by atoms with Gasteiger partial charge >= 0.3 is 0 Å². The van der Waals surface area contributed by atoms with E-state index in [2.05, 4.69) is 58.5 Å². The molecule has 0 aliphatic rings. The third-order valence-corrected chi connectivity index (χ3v) is 15.6. The zero-order valence-corrected chi connectivity index (χ0v) is 56.3. The zero-order valence-electron chi connectivity index (χ0n) is 56.3. The number of primary amides is 1. The van der Waals surface area contributed by atoms with Gasteiger partial charge in [-0.3, -0.25) is 57.5 Å². The van der Waals surface area contributed by atoms with Gasteiger partial charge in [0.15, 0.2) is 0 Å². The van der Waals surface area contributed by atoms with Crippen LogP contribution in [0, 0.1) is 0 Å². The summed E-state index contributed by atoms with van der Waals surface area (Å²) >= 11 is 0. The minimum atomic E-state index is -1.30. The fourth-order valence-electron chi connectivity index (χ4n) is 10.1. The van der Waals surface area contributed by atoms with Gasteiger partial charge in [0.1, 0.15) is 60.1 Å². The number of unbranched alkanes of at least 4 members (excludes halogenated alkanes) is 8. The number of rotatable bonds is 56. The average Bonchev–Trinajstić information content (AvgIpc) is 1.00. The van der Waals surface area contributed by atoms with Crippen LogP contribution in [0.2, 0.25) is 0 Å². The predicted molar refractivity (Wildman–Crippen MR) is 363 cm³/mol. The van der Waals surface area contributed by atoms with E-state index < -0.39 is 138 Å². The van der Waals surface area contributed by atoms with Crippen molar-refractivity contribution in [3.05, 3.63) is 29.8 Å². The molecular formula is C63H116N20O13. The molecule has 33 heteroatoms. The standard InChI is InChI=1S/C63H116N20O13/c1-41(84)75-52(38-42-26-28-43(85)29-27-42)56(89)74-39-53(86)73-40-54(87)76-45(19-3-11-31-65)57(90)78-47(21-5-13-33-67)59(92)80-49(23-7-15-35-69)61(94)82-51(25-9-17-37-71)63(96)83-50(24-8-16-36-70)62(95)81-48(22-6-14-34-68)60(93)79-46(20-4-12-32-66)58(91)77-44(55(72)88)18-2-10-30-64/h26-29,44-52,85H,2-25,30-40,64-71H2,1H3,(H2,72,88)(H,73,86)(H,74,89)(H,75,84)(H,76,87)(H,77,91)(H,78,90)(H,79,93)(H,80,92)(H,81,95)(H,82,94)(H,83,96)/t44-,45-,46-,47-,48-,49-,50-,51-,52-/m0/s1. The summed E-state index contributed by atoms with van der Waals surface area (Å²) in [6, 6.07) is -4.95. The number of hydrogen-bond acceptors (Lipinski definition) is 21. The Kier molecular flexibility index (Phi) is 47.2. The zero-order chi connectivity index (χ0) is 71.6. The molecule has 0 saturated heterocycles. The van der Waals surface area contributed by atoms with Crippen LogP contribution in [-0.4, -0.2) is 196 Å². The first-order valence-electron chi connectivity index (χ1n) is 33.9. The molecule has 96 heavy (non-hydrogen) atoms. The lowest BCUT2D eigenvalue weighted by molar-refractivity contribution is -0.136. The maximum absolute atomic E-state index is 14.6. The molecule has 33 nitrogen and oxygen atoms in total. The van der Waals surface area contributed by atoms with E-state index in [9.17, 15) is 62.6 Å². The molecule has 1 rings (SSSR count). The summed E-state index contributed by atoms with van der Waals surface area (Å²) < 4.78 is 0. The first kappa shape index (κ1) is 86.4. The van der Waals surface area contributed by atoms with Gasteiger partial charge in [-0.25, -0.2) is 0 Å². The summed E-state index contributed by atoms with van der Waals surface area (Å²) in [5.74, 6) is -8.76. The number of nitrogens with one attached hydrogen (secondary N) is 11. The number of carbonyl (C=O) groups is 12. The molecule has 0 heterocycles. The van der Waals surface area contributed by atoms with Crippen LogP contribution in [0.15, 0.2) is 24.3 Å². The normalized spacial score (nSPS) is 13.9. The molecule has 0 saturated carbocycles. The van der Waals surface area contributed by atoms with Crippen LogP contribution in [0.1, 0.15) is 167 Å². The minimum absolute atomic E-state index is 0.00469. The second kappa shape index (κ2) is 52.5. The second-order valence-corrected chi connectivity index (χ2v) is 23.8. The quantitative estimate of drug-likeness (QED) is 0.0272. The van der Waals surface area contributed by atoms with Crippen molar-refractivity contribution in [2.45, 2.75) is 222 Å². The Morgan fingerprint density at radius 2 is 0.562 bits per heavy atom. The highest BCUT2D eigenvalue weighted by Gasteiger charge is 2.35. The molecule has 1 aromatic rings. The Bertz CT molecular complexity index is 2500. The molecule has 0 aromatic heterocycles. The summed E-state index contributed by atoms with van der Waals surface area (Å²) in [7, 11) is 0. The van der Waals surface area contributed by atoms with Crippen LogP contribution in [0.25, 0.3) is 0 Å². The van der Waals surface area contributed by atoms with Crippen LogP contribution in [0.4, 0.5) is 0 Å². The number of amides is 12. The third-order valence-electron chi connectivity index (χ3n) is 15.6. The van der Waals surface area contributed by atoms with Crippen molar-refractivity contribution in [2.24, 2.45) is 51.6 Å². The van der Waals surface area contributed by atoms with Crippen LogP contribution in [0.5, 0.6) is 5.75 Å². The van der Waals surface area contributed by atoms with Crippen molar-refractivity contribution < 1.29 is 62.6 Å². The van der Waals surface area contributed by atoms with E-state index in [0.717, 1.165) is 0 Å². The van der Waals surface area contributed by atoms with Gasteiger partial charge in [-0.05, 0) is 224 Å². The third kappa shape index (κ3) is 38.2. The SMILES string of the molecule is CC(=O)N[C@@H](Cc1ccc(O)cc1)C(=O)NCC(=O)NCC(=O)N[C@@H](CCCCN)C(=O)N[C@@H](CCCCN)C(=O)N[C@@H](CCCCN)C(=O)N[C@@H](CCCCN)C(=O)N[C@@H](CCCCN)C(=O)N[C@@H](CCCCN)C(=O)N[C@@H](CCCCN)C(=O)N[C@@H](CCCCN)C(N)=O. The van der Waals surface area contributed by atoms with Gasteiger partial charge < -0.3 is 115 Å². The molecule has 0 unspecified atom stereocenters. The van der Waals surface area contributed by atoms with Gasteiger partial charge in [-0.2, -0.15) is 0 Å². The lowest BCUT2D eigenvalue weighted by atomic mass is 10.0. The van der Waals surface area contributed by atoms with Crippen molar-refractivity contribution >= 4 is 70.9 Å². The van der Waals surface area contributed by atoms with Gasteiger partial charge in [-0.1, -0.05) is 12.1 Å². The van der Waals surface area contributed by atoms with Gasteiger partial charge in [0.2, 0.25) is 70.9 Å². The van der Waals surface area contributed by atoms with Crippen molar-refractivity contribution in [3.8, 4) is 5.75 Å². The molecule has 0 aliphatic carbocycles. The average molecular weight is 1360 g/mol. The summed E-state index contributed by atoms with van der Waals surface area (Å²) in [6.07, 6.45) is 7.60. The maximum atomic E-state index is 14.6. The van der Waals surface area contributed by atoms with E-state index in [1.54, 1.807) is 12.1 Å². The largest absolute Gasteiger partial charge is 0.508 e. The number of carbonyl (C=O) groups excluding carboxylic acids is 12. The summed E-state index contributed by atoms with van der Waals surface area (Å²) in [6.45, 7) is 2.22. The molecule has 0 fully saturated rings. The number of phenolic OH excluding ortho intramolecular Hbond substituents is 1. The van der Waals surface area contributed by atoms with Crippen molar-refractivity contribution in [1.82, 2.24) is 58.5 Å². The lowest BCUT2D eigenvalue weighted by Crippen LogP contribution is -2.60. The first-order chi connectivity index (χ1) is 46.0. The van der Waals surface area contributed by atoms with E-state index in [0.29, 0.717) is 121 Å². The van der Waals surface area contributed by atoms with Gasteiger partial charge in [0.05, 0.1) is 13.1 Å². The van der Waals surface area contributed by atoms with Crippen LogP contribution < -0.4 is 110 Å². The first-order valence-corrected chi connectivity index (χ1v) is 33.9. The number of nitrogens with two attached hydrogens (primary N) is 9. The number of benzene rings is 1. The van der Waals surface area contributed by atoms with Crippen molar-refractivity contribution in [2.75, 3.05) is 65.4 Å². The molecule has 0 radical (unpaired) electrons. The fraction of sp³-hybridized carbons (Fsp3) is 0.714. The monoisotopic (exact) mass is 1360 g/mol. The van der Waals surface area contributed by atoms with E-state index in [-0.39, 0.29) is 103 Å². The number of aromatic hydroxyl groups is 1. The fourth-order valence-corrected chi connectivity index (χ4v) is 10.1. The molecule has 12 amide bonds. The summed E-state index contributed by atoms with van der Waals surface area (Å²) in [4.78, 5) is 164. The maximum Gasteiger partial charge on any atom is 0.243 e. The topological polar surface area (TPSA) is 592 Å². The molecule has 0 spiro atoms. The van der Waals surface area contributed by atoms with Gasteiger partial charge in [-0.15, -0.1) is 0 Å². The van der Waals surface area contributed by atoms with Crippen molar-refractivity contribution in [3.63, 3.8) is 0 Å². The number of phenols is 1.